The van der Waals surface area contributed by atoms with Crippen LogP contribution < -0.4 is 15.4 Å². The molecule has 7 heteroatoms. The molecule has 1 heterocycles. The molecule has 0 spiro atoms. The number of carbonyl (C=O) groups is 2. The van der Waals surface area contributed by atoms with Crippen molar-refractivity contribution in [1.29, 1.82) is 0 Å². The minimum atomic E-state index is -0.550. The Kier molecular flexibility index (Phi) is 5.88. The second-order valence-electron chi connectivity index (χ2n) is 11.5. The summed E-state index contributed by atoms with van der Waals surface area (Å²) in [6, 6.07) is 0.247. The third kappa shape index (κ3) is 4.71. The van der Waals surface area contributed by atoms with Crippen LogP contribution in [0, 0.1) is 23.2 Å². The van der Waals surface area contributed by atoms with Gasteiger partial charge in [-0.25, -0.2) is 4.68 Å². The molecule has 7 nitrogen and oxygen atoms in total. The van der Waals surface area contributed by atoms with Crippen LogP contribution in [-0.2, 0) is 4.79 Å². The molecule has 2 atom stereocenters. The van der Waals surface area contributed by atoms with Gasteiger partial charge in [-0.15, -0.1) is 0 Å². The normalized spacial score (nSPS) is 31.3. The average molecular weight is 443 g/mol. The molecule has 0 aromatic carbocycles. The molecule has 4 saturated carbocycles. The quantitative estimate of drug-likeness (QED) is 0.668. The summed E-state index contributed by atoms with van der Waals surface area (Å²) < 4.78 is 7.59. The predicted molar refractivity (Wildman–Crippen MR) is 124 cm³/mol. The van der Waals surface area contributed by atoms with Crippen LogP contribution in [0.25, 0.3) is 6.20 Å². The Morgan fingerprint density at radius 3 is 2.47 bits per heavy atom. The van der Waals surface area contributed by atoms with Gasteiger partial charge in [-0.1, -0.05) is 6.92 Å². The van der Waals surface area contributed by atoms with E-state index in [4.69, 9.17) is 4.74 Å². The molecule has 2 unspecified atom stereocenters. The van der Waals surface area contributed by atoms with E-state index in [1.165, 1.54) is 39.0 Å². The summed E-state index contributed by atoms with van der Waals surface area (Å²) in [7, 11) is 0. The van der Waals surface area contributed by atoms with Crippen molar-refractivity contribution in [2.75, 3.05) is 0 Å². The third-order valence-electron chi connectivity index (χ3n) is 7.35. The average Bonchev–Trinajstić information content (AvgIpc) is 3.02. The molecule has 1 aromatic rings. The van der Waals surface area contributed by atoms with Crippen molar-refractivity contribution in [3.8, 4) is 5.88 Å². The molecule has 0 aliphatic heterocycles. The summed E-state index contributed by atoms with van der Waals surface area (Å²) in [6.07, 6.45) is 11.4. The van der Waals surface area contributed by atoms with Crippen molar-refractivity contribution >= 4 is 18.0 Å². The molecule has 4 bridgehead atoms. The van der Waals surface area contributed by atoms with E-state index in [-0.39, 0.29) is 24.0 Å². The Hall–Kier alpha value is -2.31. The molecule has 32 heavy (non-hydrogen) atoms. The van der Waals surface area contributed by atoms with Crippen molar-refractivity contribution in [2.45, 2.75) is 91.3 Å². The van der Waals surface area contributed by atoms with E-state index in [0.717, 1.165) is 5.92 Å². The monoisotopic (exact) mass is 442 g/mol. The summed E-state index contributed by atoms with van der Waals surface area (Å²) >= 11 is 0. The smallest absolute Gasteiger partial charge is 0.258 e. The van der Waals surface area contributed by atoms with Crippen molar-refractivity contribution in [2.24, 2.45) is 23.2 Å². The molecule has 0 saturated heterocycles. The number of amides is 2. The summed E-state index contributed by atoms with van der Waals surface area (Å²) in [5.41, 5.74) is 0.381. The lowest BCUT2D eigenvalue weighted by atomic mass is 9.48. The molecule has 4 fully saturated rings. The fraction of sp³-hybridized carbons (Fsp3) is 0.720. The molecule has 1 aromatic heterocycles. The lowest BCUT2D eigenvalue weighted by Crippen LogP contribution is -2.58. The summed E-state index contributed by atoms with van der Waals surface area (Å²) in [6.45, 7) is 11.6. The number of carbonyl (C=O) groups excluding carboxylic acids is 2. The highest BCUT2D eigenvalue weighted by molar-refractivity contribution is 5.96. The van der Waals surface area contributed by atoms with Gasteiger partial charge in [0.2, 0.25) is 11.8 Å². The maximum atomic E-state index is 13.4. The highest BCUT2D eigenvalue weighted by Crippen LogP contribution is 2.59. The van der Waals surface area contributed by atoms with Crippen LogP contribution >= 0.6 is 0 Å². The van der Waals surface area contributed by atoms with E-state index < -0.39 is 5.54 Å². The molecular weight excluding hydrogens is 404 g/mol. The Bertz CT molecular complexity index is 900. The van der Waals surface area contributed by atoms with Gasteiger partial charge in [0.25, 0.3) is 5.91 Å². The van der Waals surface area contributed by atoms with Crippen molar-refractivity contribution < 1.29 is 14.3 Å². The van der Waals surface area contributed by atoms with Gasteiger partial charge in [0.05, 0.1) is 17.8 Å². The predicted octanol–water partition coefficient (Wildman–Crippen LogP) is 4.00. The molecule has 2 amide bonds. The summed E-state index contributed by atoms with van der Waals surface area (Å²) in [4.78, 5) is 24.8. The number of nitrogens with one attached hydrogen (secondary N) is 2. The fourth-order valence-corrected chi connectivity index (χ4v) is 6.60. The van der Waals surface area contributed by atoms with Gasteiger partial charge in [0.1, 0.15) is 5.56 Å². The van der Waals surface area contributed by atoms with Crippen LogP contribution in [0.15, 0.2) is 12.3 Å². The number of aromatic nitrogens is 2. The van der Waals surface area contributed by atoms with Crippen LogP contribution in [0.2, 0.25) is 0 Å². The van der Waals surface area contributed by atoms with Crippen molar-refractivity contribution in [3.05, 3.63) is 17.8 Å². The molecule has 0 radical (unpaired) electrons. The van der Waals surface area contributed by atoms with E-state index >= 15 is 0 Å². The molecule has 2 N–H and O–H groups in total. The number of nitrogens with zero attached hydrogens (tertiary/aromatic N) is 2. The highest BCUT2D eigenvalue weighted by atomic mass is 16.5. The Labute approximate surface area is 191 Å². The van der Waals surface area contributed by atoms with E-state index in [1.807, 2.05) is 33.8 Å². The first kappa shape index (κ1) is 22.9. The van der Waals surface area contributed by atoms with Gasteiger partial charge < -0.3 is 15.4 Å². The Morgan fingerprint density at radius 2 is 1.91 bits per heavy atom. The van der Waals surface area contributed by atoms with E-state index in [1.54, 1.807) is 17.1 Å². The molecule has 4 aliphatic carbocycles. The van der Waals surface area contributed by atoms with E-state index in [2.05, 4.69) is 22.7 Å². The SMILES string of the molecule is CC(=O)NC(C)(C)/C=C/n1ncc(C(=O)N[C@H]2C3CC4CC2C[C@](C)(C4)C3)c1OC(C)C. The minimum absolute atomic E-state index is 0.102. The zero-order chi connectivity index (χ0) is 23.3. The number of hydrogen-bond donors (Lipinski definition) is 2. The molecular formula is C25H38N4O3. The van der Waals surface area contributed by atoms with Crippen LogP contribution in [0.5, 0.6) is 5.88 Å². The number of ether oxygens (including phenoxy) is 1. The second-order valence-corrected chi connectivity index (χ2v) is 11.5. The summed E-state index contributed by atoms with van der Waals surface area (Å²) in [5, 5.41) is 10.6. The maximum Gasteiger partial charge on any atom is 0.258 e. The van der Waals surface area contributed by atoms with Crippen LogP contribution in [0.1, 0.15) is 84.0 Å². The van der Waals surface area contributed by atoms with Crippen LogP contribution in [0.4, 0.5) is 0 Å². The first-order valence-electron chi connectivity index (χ1n) is 12.0. The van der Waals surface area contributed by atoms with Crippen LogP contribution in [-0.4, -0.2) is 39.3 Å². The standard InChI is InChI=1S/C25H38N4O3/c1-15(2)32-23-20(14-26-29(23)8-7-24(4,5)28-16(3)30)22(31)27-21-18-9-17-10-19(21)13-25(6,11-17)12-18/h7-8,14-15,17-19,21H,9-13H2,1-6H3,(H,27,31)(H,28,30)/b8-7+/t17?,18?,19?,21-,25+. The van der Waals surface area contributed by atoms with E-state index in [0.29, 0.717) is 28.7 Å². The maximum absolute atomic E-state index is 13.4. The Morgan fingerprint density at radius 1 is 1.25 bits per heavy atom. The topological polar surface area (TPSA) is 85.2 Å². The molecule has 176 valence electrons. The second kappa shape index (κ2) is 8.23. The van der Waals surface area contributed by atoms with Gasteiger partial charge in [-0.3, -0.25) is 9.59 Å². The highest BCUT2D eigenvalue weighted by Gasteiger charge is 2.53. The van der Waals surface area contributed by atoms with Crippen molar-refractivity contribution in [3.63, 3.8) is 0 Å². The Balaban J connectivity index is 1.53. The first-order valence-corrected chi connectivity index (χ1v) is 12.0. The first-order chi connectivity index (χ1) is 14.9. The van der Waals surface area contributed by atoms with Gasteiger partial charge >= 0.3 is 0 Å². The van der Waals surface area contributed by atoms with Gasteiger partial charge in [-0.2, -0.15) is 5.10 Å². The van der Waals surface area contributed by atoms with E-state index in [9.17, 15) is 9.59 Å². The lowest BCUT2D eigenvalue weighted by Gasteiger charge is -2.59. The number of rotatable bonds is 7. The molecule has 5 rings (SSSR count). The minimum Gasteiger partial charge on any atom is -0.474 e. The van der Waals surface area contributed by atoms with Gasteiger partial charge in [0, 0.05) is 19.2 Å². The molecule has 4 aliphatic rings. The summed E-state index contributed by atoms with van der Waals surface area (Å²) in [5.74, 6) is 2.22. The lowest BCUT2D eigenvalue weighted by molar-refractivity contribution is -0.120. The largest absolute Gasteiger partial charge is 0.474 e. The van der Waals surface area contributed by atoms with Gasteiger partial charge in [0.15, 0.2) is 0 Å². The third-order valence-corrected chi connectivity index (χ3v) is 7.35. The van der Waals surface area contributed by atoms with Gasteiger partial charge in [-0.05, 0) is 89.0 Å². The fourth-order valence-electron chi connectivity index (χ4n) is 6.60. The number of hydrogen-bond acceptors (Lipinski definition) is 4. The van der Waals surface area contributed by atoms with Crippen LogP contribution in [0.3, 0.4) is 0 Å². The van der Waals surface area contributed by atoms with Crippen molar-refractivity contribution in [1.82, 2.24) is 20.4 Å². The zero-order valence-corrected chi connectivity index (χ0v) is 20.3. The zero-order valence-electron chi connectivity index (χ0n) is 20.3.